The molecule has 0 aliphatic carbocycles. The average molecular weight is 438 g/mol. The van der Waals surface area contributed by atoms with Crippen molar-refractivity contribution in [3.63, 3.8) is 0 Å². The number of para-hydroxylation sites is 1. The lowest BCUT2D eigenvalue weighted by Gasteiger charge is -2.09. The number of hydrogen-bond acceptors (Lipinski definition) is 8. The van der Waals surface area contributed by atoms with Crippen LogP contribution >= 0.6 is 0 Å². The first-order chi connectivity index (χ1) is 14.9. The minimum atomic E-state index is -4.14. The third-order valence-electron chi connectivity index (χ3n) is 4.63. The minimum absolute atomic E-state index is 0.0218. The lowest BCUT2D eigenvalue weighted by atomic mass is 10.2. The van der Waals surface area contributed by atoms with E-state index in [2.05, 4.69) is 15.1 Å². The zero-order valence-electron chi connectivity index (χ0n) is 16.7. The van der Waals surface area contributed by atoms with Crippen LogP contribution in [0.15, 0.2) is 59.6 Å². The van der Waals surface area contributed by atoms with Crippen LogP contribution in [0.2, 0.25) is 0 Å². The quantitative estimate of drug-likeness (QED) is 0.468. The Labute approximate surface area is 178 Å². The predicted molar refractivity (Wildman–Crippen MR) is 112 cm³/mol. The number of benzene rings is 2. The summed E-state index contributed by atoms with van der Waals surface area (Å²) in [6, 6.07) is 13.5. The largest absolute Gasteiger partial charge is 0.460 e. The fourth-order valence-electron chi connectivity index (χ4n) is 3.30. The fourth-order valence-corrected chi connectivity index (χ4v) is 4.70. The zero-order chi connectivity index (χ0) is 21.6. The third kappa shape index (κ3) is 3.34. The van der Waals surface area contributed by atoms with Crippen molar-refractivity contribution >= 4 is 20.9 Å². The molecule has 10 heteroatoms. The van der Waals surface area contributed by atoms with E-state index in [-0.39, 0.29) is 29.6 Å². The molecule has 0 bridgehead atoms. The molecule has 2 aromatic carbocycles. The molecule has 0 amide bonds. The van der Waals surface area contributed by atoms with Crippen LogP contribution in [0.25, 0.3) is 22.3 Å². The molecule has 5 rings (SSSR count). The van der Waals surface area contributed by atoms with Gasteiger partial charge in [0.05, 0.1) is 11.6 Å². The highest BCUT2D eigenvalue weighted by Gasteiger charge is 2.29. The summed E-state index contributed by atoms with van der Waals surface area (Å²) in [5.74, 6) is 1.18. The summed E-state index contributed by atoms with van der Waals surface area (Å²) in [7, 11) is -4.14. The fraction of sp³-hybridized carbons (Fsp3) is 0.190. The first-order valence-electron chi connectivity index (χ1n) is 9.56. The van der Waals surface area contributed by atoms with Crippen molar-refractivity contribution in [1.29, 1.82) is 0 Å². The molecule has 0 atom stereocenters. The molecule has 9 nitrogen and oxygen atoms in total. The summed E-state index contributed by atoms with van der Waals surface area (Å²) in [6.45, 7) is 3.72. The van der Waals surface area contributed by atoms with Crippen LogP contribution in [0.1, 0.15) is 13.8 Å². The summed E-state index contributed by atoms with van der Waals surface area (Å²) in [5, 5.41) is 4.87. The van der Waals surface area contributed by atoms with Crippen molar-refractivity contribution in [1.82, 2.24) is 19.2 Å². The second-order valence-electron chi connectivity index (χ2n) is 7.13. The van der Waals surface area contributed by atoms with E-state index in [0.717, 1.165) is 4.09 Å². The van der Waals surface area contributed by atoms with Crippen molar-refractivity contribution in [2.24, 2.45) is 0 Å². The first-order valence-corrected chi connectivity index (χ1v) is 11.0. The van der Waals surface area contributed by atoms with Gasteiger partial charge in [0.2, 0.25) is 6.79 Å². The molecule has 2 aromatic heterocycles. The average Bonchev–Trinajstić information content (AvgIpc) is 3.39. The van der Waals surface area contributed by atoms with Gasteiger partial charge in [0.15, 0.2) is 17.3 Å². The number of hydrogen-bond donors (Lipinski definition) is 0. The number of nitrogens with zero attached hydrogens (tertiary/aromatic N) is 4. The molecule has 3 heterocycles. The van der Waals surface area contributed by atoms with E-state index < -0.39 is 10.0 Å². The van der Waals surface area contributed by atoms with Gasteiger partial charge in [0.1, 0.15) is 4.90 Å². The Morgan fingerprint density at radius 3 is 2.71 bits per heavy atom. The van der Waals surface area contributed by atoms with Crippen molar-refractivity contribution in [3.05, 3.63) is 54.7 Å². The number of pyridine rings is 1. The maximum absolute atomic E-state index is 13.7. The molecule has 1 aliphatic heterocycles. The molecule has 0 N–H and O–H groups in total. The second-order valence-corrected chi connectivity index (χ2v) is 8.87. The van der Waals surface area contributed by atoms with Gasteiger partial charge in [-0.2, -0.15) is 13.4 Å². The van der Waals surface area contributed by atoms with Gasteiger partial charge < -0.3 is 14.2 Å². The van der Waals surface area contributed by atoms with Gasteiger partial charge in [-0.15, -0.1) is 4.09 Å². The van der Waals surface area contributed by atoms with Crippen LogP contribution in [-0.2, 0) is 10.0 Å². The standard InChI is InChI=1S/C21H18N4O5S/c1-13(2)30-21-23-20(15-8-9-16-17(11-15)29-12-28-16)25(24-21)31(26,27)18-7-3-5-14-6-4-10-22-19(14)18/h3-11,13H,12H2,1-2H3. The Morgan fingerprint density at radius 1 is 1.06 bits per heavy atom. The Morgan fingerprint density at radius 2 is 1.87 bits per heavy atom. The molecule has 0 saturated carbocycles. The lowest BCUT2D eigenvalue weighted by Crippen LogP contribution is -2.17. The summed E-state index contributed by atoms with van der Waals surface area (Å²) in [6.07, 6.45) is 1.32. The molecule has 0 unspecified atom stereocenters. The normalized spacial score (nSPS) is 13.1. The third-order valence-corrected chi connectivity index (χ3v) is 6.23. The topological polar surface area (TPSA) is 105 Å². The maximum atomic E-state index is 13.7. The highest BCUT2D eigenvalue weighted by Crippen LogP contribution is 2.36. The molecule has 0 fully saturated rings. The van der Waals surface area contributed by atoms with Crippen molar-refractivity contribution < 1.29 is 22.6 Å². The molecule has 0 spiro atoms. The summed E-state index contributed by atoms with van der Waals surface area (Å²) >= 11 is 0. The molecular formula is C21H18N4O5S. The SMILES string of the molecule is CC(C)Oc1nc(-c2ccc3c(c2)OCO3)n(S(=O)(=O)c2cccc3cccnc23)n1. The second kappa shape index (κ2) is 7.24. The smallest absolute Gasteiger partial charge is 0.337 e. The number of fused-ring (bicyclic) bond motifs is 2. The van der Waals surface area contributed by atoms with Gasteiger partial charge in [-0.25, -0.2) is 0 Å². The Kier molecular flexibility index (Phi) is 4.51. The van der Waals surface area contributed by atoms with Gasteiger partial charge in [-0.3, -0.25) is 4.98 Å². The molecule has 0 radical (unpaired) electrons. The minimum Gasteiger partial charge on any atom is -0.460 e. The molecule has 4 aromatic rings. The summed E-state index contributed by atoms with van der Waals surface area (Å²) < 4.78 is 44.6. The van der Waals surface area contributed by atoms with Gasteiger partial charge in [0, 0.05) is 17.1 Å². The van der Waals surface area contributed by atoms with E-state index in [1.165, 1.54) is 6.07 Å². The number of ether oxygens (including phenoxy) is 3. The first kappa shape index (κ1) is 19.3. The van der Waals surface area contributed by atoms with Gasteiger partial charge >= 0.3 is 6.01 Å². The van der Waals surface area contributed by atoms with Gasteiger partial charge in [-0.1, -0.05) is 23.3 Å². The molecule has 1 aliphatic rings. The van der Waals surface area contributed by atoms with Crippen LogP contribution in [0.3, 0.4) is 0 Å². The molecule has 0 saturated heterocycles. The monoisotopic (exact) mass is 438 g/mol. The van der Waals surface area contributed by atoms with Crippen molar-refractivity contribution in [2.45, 2.75) is 24.8 Å². The van der Waals surface area contributed by atoms with Gasteiger partial charge in [-0.05, 0) is 44.2 Å². The van der Waals surface area contributed by atoms with Gasteiger partial charge in [0.25, 0.3) is 10.0 Å². The molecule has 31 heavy (non-hydrogen) atoms. The molecule has 158 valence electrons. The van der Waals surface area contributed by atoms with Crippen LogP contribution < -0.4 is 14.2 Å². The highest BCUT2D eigenvalue weighted by molar-refractivity contribution is 7.90. The van der Waals surface area contributed by atoms with Crippen LogP contribution in [0, 0.1) is 0 Å². The van der Waals surface area contributed by atoms with E-state index in [0.29, 0.717) is 28.0 Å². The predicted octanol–water partition coefficient (Wildman–Crippen LogP) is 3.25. The number of aromatic nitrogens is 4. The van der Waals surface area contributed by atoms with E-state index in [9.17, 15) is 8.42 Å². The van der Waals surface area contributed by atoms with E-state index in [4.69, 9.17) is 14.2 Å². The van der Waals surface area contributed by atoms with E-state index >= 15 is 0 Å². The van der Waals surface area contributed by atoms with Crippen molar-refractivity contribution in [2.75, 3.05) is 6.79 Å². The number of rotatable bonds is 5. The van der Waals surface area contributed by atoms with E-state index in [1.807, 2.05) is 13.8 Å². The Hall–Kier alpha value is -3.66. The van der Waals surface area contributed by atoms with Crippen LogP contribution in [-0.4, -0.2) is 40.5 Å². The van der Waals surface area contributed by atoms with Crippen molar-refractivity contribution in [3.8, 4) is 28.9 Å². The summed E-state index contributed by atoms with van der Waals surface area (Å²) in [5.41, 5.74) is 0.843. The zero-order valence-corrected chi connectivity index (χ0v) is 17.5. The Balaban J connectivity index is 1.71. The molecular weight excluding hydrogens is 420 g/mol. The lowest BCUT2D eigenvalue weighted by molar-refractivity contribution is 0.174. The Bertz CT molecular complexity index is 1390. The maximum Gasteiger partial charge on any atom is 0.337 e. The highest BCUT2D eigenvalue weighted by atomic mass is 32.2. The summed E-state index contributed by atoms with van der Waals surface area (Å²) in [4.78, 5) is 8.64. The van der Waals surface area contributed by atoms with Crippen LogP contribution in [0.5, 0.6) is 17.5 Å². The van der Waals surface area contributed by atoms with Crippen LogP contribution in [0.4, 0.5) is 0 Å². The van der Waals surface area contributed by atoms with E-state index in [1.54, 1.807) is 48.7 Å².